The number of rotatable bonds is 8. The molecule has 1 saturated heterocycles. The number of allylic oxidation sites excluding steroid dienone is 1. The molecule has 184 valence electrons. The largest absolute Gasteiger partial charge is 0.490 e. The Morgan fingerprint density at radius 1 is 0.829 bits per heavy atom. The van der Waals surface area contributed by atoms with E-state index in [4.69, 9.17) is 14.2 Å². The highest BCUT2D eigenvalue weighted by Gasteiger charge is 2.26. The molecule has 3 aromatic rings. The fourth-order valence-corrected chi connectivity index (χ4v) is 3.85. The molecule has 1 aliphatic heterocycles. The van der Waals surface area contributed by atoms with E-state index in [2.05, 4.69) is 6.58 Å². The smallest absolute Gasteiger partial charge is 0.201 e. The summed E-state index contributed by atoms with van der Waals surface area (Å²) in [5.74, 6) is -4.16. The van der Waals surface area contributed by atoms with Crippen molar-refractivity contribution >= 4 is 0 Å². The molecule has 0 bridgehead atoms. The second-order valence-corrected chi connectivity index (χ2v) is 8.53. The molecule has 0 unspecified atom stereocenters. The van der Waals surface area contributed by atoms with E-state index in [1.807, 2.05) is 6.92 Å². The fourth-order valence-electron chi connectivity index (χ4n) is 3.85. The van der Waals surface area contributed by atoms with E-state index in [0.29, 0.717) is 37.2 Å². The summed E-state index contributed by atoms with van der Waals surface area (Å²) in [6.45, 7) is 6.58. The first kappa shape index (κ1) is 24.9. The van der Waals surface area contributed by atoms with Gasteiger partial charge in [-0.1, -0.05) is 49.4 Å². The lowest BCUT2D eigenvalue weighted by Gasteiger charge is -2.28. The van der Waals surface area contributed by atoms with Gasteiger partial charge in [0, 0.05) is 22.6 Å². The summed E-state index contributed by atoms with van der Waals surface area (Å²) in [4.78, 5) is 0. The molecule has 1 aliphatic rings. The van der Waals surface area contributed by atoms with Gasteiger partial charge >= 0.3 is 0 Å². The van der Waals surface area contributed by atoms with Crippen molar-refractivity contribution in [1.82, 2.24) is 0 Å². The summed E-state index contributed by atoms with van der Waals surface area (Å²) in [5, 5.41) is 0. The number of hydrogen-bond acceptors (Lipinski definition) is 3. The lowest BCUT2D eigenvalue weighted by Crippen LogP contribution is -2.25. The van der Waals surface area contributed by atoms with Crippen LogP contribution in [0.1, 0.15) is 31.6 Å². The van der Waals surface area contributed by atoms with Crippen molar-refractivity contribution in [2.24, 2.45) is 5.92 Å². The zero-order valence-corrected chi connectivity index (χ0v) is 19.3. The first-order chi connectivity index (χ1) is 16.9. The van der Waals surface area contributed by atoms with Gasteiger partial charge in [-0.05, 0) is 36.1 Å². The summed E-state index contributed by atoms with van der Waals surface area (Å²) in [5.41, 5.74) is 0.851. The molecule has 0 amide bonds. The summed E-state index contributed by atoms with van der Waals surface area (Å²) >= 11 is 0. The molecular weight excluding hydrogens is 460 g/mol. The molecule has 0 spiro atoms. The zero-order valence-electron chi connectivity index (χ0n) is 19.3. The Balaban J connectivity index is 1.54. The van der Waals surface area contributed by atoms with Crippen molar-refractivity contribution in [3.05, 3.63) is 90.0 Å². The van der Waals surface area contributed by atoms with Crippen LogP contribution in [0.15, 0.2) is 61.2 Å². The normalized spacial score (nSPS) is 17.9. The summed E-state index contributed by atoms with van der Waals surface area (Å²) in [6.07, 6.45) is 2.13. The van der Waals surface area contributed by atoms with Crippen molar-refractivity contribution < 1.29 is 31.8 Å². The van der Waals surface area contributed by atoms with Gasteiger partial charge in [-0.3, -0.25) is 0 Å². The van der Waals surface area contributed by atoms with Crippen LogP contribution in [0.3, 0.4) is 0 Å². The standard InChI is InChI=1S/C28H26F4O3/c1-3-4-5-14-33-23-13-12-21(25(30)27(23)32)19-8-6-18(7-9-19)20-10-11-22(26(31)24(20)29)28-34-15-17(2)16-35-28/h3,6-13,17,28H,1,4-5,14-16H2,2H3. The SMILES string of the molecule is C=CCCCOc1ccc(-c2ccc(-c3ccc(C4OCC(C)CO4)c(F)c3F)cc2)c(F)c1F. The molecule has 0 N–H and O–H groups in total. The third-order valence-electron chi connectivity index (χ3n) is 5.79. The second-order valence-electron chi connectivity index (χ2n) is 8.53. The molecule has 4 rings (SSSR count). The Labute approximate surface area is 202 Å². The van der Waals surface area contributed by atoms with Crippen molar-refractivity contribution in [2.45, 2.75) is 26.1 Å². The Kier molecular flexibility index (Phi) is 7.88. The van der Waals surface area contributed by atoms with Crippen LogP contribution in [-0.2, 0) is 9.47 Å². The minimum atomic E-state index is -1.07. The molecule has 3 nitrogen and oxygen atoms in total. The van der Waals surface area contributed by atoms with Crippen LogP contribution < -0.4 is 4.74 Å². The van der Waals surface area contributed by atoms with Crippen LogP contribution in [0.2, 0.25) is 0 Å². The van der Waals surface area contributed by atoms with E-state index < -0.39 is 29.6 Å². The molecule has 0 atom stereocenters. The maximum absolute atomic E-state index is 14.9. The number of halogens is 4. The Bertz CT molecular complexity index is 1190. The maximum Gasteiger partial charge on any atom is 0.201 e. The molecule has 35 heavy (non-hydrogen) atoms. The van der Waals surface area contributed by atoms with Gasteiger partial charge in [0.25, 0.3) is 0 Å². The van der Waals surface area contributed by atoms with E-state index in [-0.39, 0.29) is 35.0 Å². The zero-order chi connectivity index (χ0) is 24.9. The molecular formula is C28H26F4O3. The third-order valence-corrected chi connectivity index (χ3v) is 5.79. The summed E-state index contributed by atoms with van der Waals surface area (Å²) < 4.78 is 75.1. The molecule has 0 aliphatic carbocycles. The van der Waals surface area contributed by atoms with E-state index in [1.54, 1.807) is 6.08 Å². The molecule has 1 fully saturated rings. The molecule has 0 radical (unpaired) electrons. The third kappa shape index (κ3) is 5.41. The van der Waals surface area contributed by atoms with Gasteiger partial charge in [0.05, 0.1) is 19.8 Å². The topological polar surface area (TPSA) is 27.7 Å². The van der Waals surface area contributed by atoms with Crippen LogP contribution >= 0.6 is 0 Å². The van der Waals surface area contributed by atoms with E-state index in [9.17, 15) is 17.6 Å². The lowest BCUT2D eigenvalue weighted by molar-refractivity contribution is -0.203. The number of hydrogen-bond donors (Lipinski definition) is 0. The summed E-state index contributed by atoms with van der Waals surface area (Å²) in [7, 11) is 0. The van der Waals surface area contributed by atoms with Crippen molar-refractivity contribution in [1.29, 1.82) is 0 Å². The molecule has 3 aromatic carbocycles. The lowest BCUT2D eigenvalue weighted by atomic mass is 9.98. The number of unbranched alkanes of at least 4 members (excludes halogenated alkanes) is 1. The van der Waals surface area contributed by atoms with Crippen molar-refractivity contribution in [2.75, 3.05) is 19.8 Å². The maximum atomic E-state index is 14.9. The van der Waals surface area contributed by atoms with Crippen molar-refractivity contribution in [3.63, 3.8) is 0 Å². The van der Waals surface area contributed by atoms with Gasteiger partial charge in [0.2, 0.25) is 5.82 Å². The highest BCUT2D eigenvalue weighted by atomic mass is 19.2. The van der Waals surface area contributed by atoms with E-state index in [0.717, 1.165) is 0 Å². The Morgan fingerprint density at radius 2 is 1.40 bits per heavy atom. The van der Waals surface area contributed by atoms with Crippen LogP contribution in [0.25, 0.3) is 22.3 Å². The molecule has 0 saturated carbocycles. The average molecular weight is 487 g/mol. The van der Waals surface area contributed by atoms with Gasteiger partial charge in [-0.15, -0.1) is 6.58 Å². The summed E-state index contributed by atoms with van der Waals surface area (Å²) in [6, 6.07) is 11.8. The van der Waals surface area contributed by atoms with Crippen LogP contribution in [0, 0.1) is 29.2 Å². The predicted octanol–water partition coefficient (Wildman–Crippen LogP) is 7.60. The van der Waals surface area contributed by atoms with Crippen LogP contribution in [-0.4, -0.2) is 19.8 Å². The Hall–Kier alpha value is -3.16. The fraction of sp³-hybridized carbons (Fsp3) is 0.286. The minimum Gasteiger partial charge on any atom is -0.490 e. The van der Waals surface area contributed by atoms with Gasteiger partial charge in [0.15, 0.2) is 29.5 Å². The predicted molar refractivity (Wildman–Crippen MR) is 126 cm³/mol. The quantitative estimate of drug-likeness (QED) is 0.186. The van der Waals surface area contributed by atoms with E-state index in [1.165, 1.54) is 48.5 Å². The van der Waals surface area contributed by atoms with E-state index >= 15 is 0 Å². The van der Waals surface area contributed by atoms with Gasteiger partial charge < -0.3 is 14.2 Å². The molecule has 0 aromatic heterocycles. The van der Waals surface area contributed by atoms with Crippen LogP contribution in [0.5, 0.6) is 5.75 Å². The molecule has 1 heterocycles. The van der Waals surface area contributed by atoms with Gasteiger partial charge in [0.1, 0.15) is 0 Å². The average Bonchev–Trinajstić information content (AvgIpc) is 2.87. The second kappa shape index (κ2) is 11.1. The van der Waals surface area contributed by atoms with Crippen LogP contribution in [0.4, 0.5) is 17.6 Å². The monoisotopic (exact) mass is 486 g/mol. The number of ether oxygens (including phenoxy) is 3. The Morgan fingerprint density at radius 3 is 2.00 bits per heavy atom. The van der Waals surface area contributed by atoms with Gasteiger partial charge in [-0.2, -0.15) is 4.39 Å². The first-order valence-corrected chi connectivity index (χ1v) is 11.4. The number of benzene rings is 3. The highest BCUT2D eigenvalue weighted by molar-refractivity contribution is 5.71. The van der Waals surface area contributed by atoms with Gasteiger partial charge in [-0.25, -0.2) is 13.2 Å². The highest BCUT2D eigenvalue weighted by Crippen LogP contribution is 2.35. The first-order valence-electron chi connectivity index (χ1n) is 11.4. The molecule has 7 heteroatoms. The minimum absolute atomic E-state index is 0.000817. The van der Waals surface area contributed by atoms with Crippen molar-refractivity contribution in [3.8, 4) is 28.0 Å².